The highest BCUT2D eigenvalue weighted by Gasteiger charge is 2.38. The zero-order valence-electron chi connectivity index (χ0n) is 11.0. The Kier molecular flexibility index (Phi) is 3.88. The van der Waals surface area contributed by atoms with Crippen LogP contribution in [-0.4, -0.2) is 51.8 Å². The molecule has 0 radical (unpaired) electrons. The summed E-state index contributed by atoms with van der Waals surface area (Å²) in [4.78, 5) is 2.51. The summed E-state index contributed by atoms with van der Waals surface area (Å²) in [6, 6.07) is 0. The first-order chi connectivity index (χ1) is 7.65. The predicted octanol–water partition coefficient (Wildman–Crippen LogP) is 1.20. The van der Waals surface area contributed by atoms with Crippen molar-refractivity contribution < 1.29 is 4.74 Å². The van der Waals surface area contributed by atoms with Crippen LogP contribution in [0.4, 0.5) is 0 Å². The van der Waals surface area contributed by atoms with Gasteiger partial charge in [0, 0.05) is 31.7 Å². The maximum Gasteiger partial charge on any atom is 0.0547 e. The molecule has 0 spiro atoms. The molecule has 2 rings (SSSR count). The first-order valence-corrected chi connectivity index (χ1v) is 6.56. The lowest BCUT2D eigenvalue weighted by atomic mass is 9.86. The van der Waals surface area contributed by atoms with Crippen molar-refractivity contribution in [2.45, 2.75) is 19.8 Å². The molecule has 0 aromatic rings. The minimum atomic E-state index is 0.363. The van der Waals surface area contributed by atoms with Crippen LogP contribution >= 0.6 is 0 Å². The van der Waals surface area contributed by atoms with Gasteiger partial charge in [-0.25, -0.2) is 0 Å². The number of ether oxygens (including phenoxy) is 1. The average Bonchev–Trinajstić information content (AvgIpc) is 2.74. The van der Waals surface area contributed by atoms with Gasteiger partial charge in [-0.1, -0.05) is 6.92 Å². The molecule has 0 aromatic carbocycles. The molecule has 0 amide bonds. The molecule has 2 fully saturated rings. The van der Waals surface area contributed by atoms with E-state index in [1.54, 1.807) is 0 Å². The Hall–Kier alpha value is -0.120. The van der Waals surface area contributed by atoms with Gasteiger partial charge in [-0.2, -0.15) is 0 Å². The standard InChI is InChI=1S/C13H26N2O/c1-11-6-12(11)7-15(3)9-13(8-14-2)4-5-16-10-13/h11-12,14H,4-10H2,1-3H3. The minimum Gasteiger partial charge on any atom is -0.381 e. The SMILES string of the molecule is CNCC1(CN(C)CC2CC2C)CCOC1. The fourth-order valence-electron chi connectivity index (χ4n) is 3.04. The normalized spacial score (nSPS) is 38.2. The lowest BCUT2D eigenvalue weighted by molar-refractivity contribution is 0.118. The summed E-state index contributed by atoms with van der Waals surface area (Å²) in [5, 5.41) is 3.33. The van der Waals surface area contributed by atoms with Crippen molar-refractivity contribution in [3.8, 4) is 0 Å². The van der Waals surface area contributed by atoms with E-state index in [1.165, 1.54) is 25.9 Å². The van der Waals surface area contributed by atoms with Crippen LogP contribution < -0.4 is 5.32 Å². The molecule has 0 bridgehead atoms. The topological polar surface area (TPSA) is 24.5 Å². The van der Waals surface area contributed by atoms with E-state index in [9.17, 15) is 0 Å². The van der Waals surface area contributed by atoms with Crippen molar-refractivity contribution in [2.24, 2.45) is 17.3 Å². The molecule has 1 saturated heterocycles. The molecule has 3 heteroatoms. The fraction of sp³-hybridized carbons (Fsp3) is 1.00. The number of nitrogens with one attached hydrogen (secondary N) is 1. The van der Waals surface area contributed by atoms with E-state index < -0.39 is 0 Å². The first kappa shape index (κ1) is 12.3. The van der Waals surface area contributed by atoms with Crippen molar-refractivity contribution >= 4 is 0 Å². The summed E-state index contributed by atoms with van der Waals surface area (Å²) in [6.45, 7) is 7.76. The predicted molar refractivity (Wildman–Crippen MR) is 66.6 cm³/mol. The van der Waals surface area contributed by atoms with Crippen LogP contribution in [0.5, 0.6) is 0 Å². The molecule has 3 atom stereocenters. The maximum atomic E-state index is 5.59. The Balaban J connectivity index is 1.80. The second-order valence-electron chi connectivity index (χ2n) is 6.00. The number of hydrogen-bond donors (Lipinski definition) is 1. The summed E-state index contributed by atoms with van der Waals surface area (Å²) < 4.78 is 5.59. The molecule has 1 N–H and O–H groups in total. The van der Waals surface area contributed by atoms with Gasteiger partial charge in [-0.05, 0) is 38.8 Å². The number of rotatable bonds is 6. The van der Waals surface area contributed by atoms with Gasteiger partial charge in [-0.15, -0.1) is 0 Å². The van der Waals surface area contributed by atoms with Crippen LogP contribution in [-0.2, 0) is 4.74 Å². The Morgan fingerprint density at radius 1 is 1.50 bits per heavy atom. The fourth-order valence-corrected chi connectivity index (χ4v) is 3.04. The van der Waals surface area contributed by atoms with Crippen molar-refractivity contribution in [2.75, 3.05) is 46.9 Å². The second-order valence-corrected chi connectivity index (χ2v) is 6.00. The zero-order valence-corrected chi connectivity index (χ0v) is 11.0. The summed E-state index contributed by atoms with van der Waals surface area (Å²) in [5.74, 6) is 1.92. The molecule has 94 valence electrons. The summed E-state index contributed by atoms with van der Waals surface area (Å²) in [6.07, 6.45) is 2.64. The molecular formula is C13H26N2O. The zero-order chi connectivity index (χ0) is 11.6. The molecule has 2 aliphatic rings. The third kappa shape index (κ3) is 2.96. The first-order valence-electron chi connectivity index (χ1n) is 6.56. The highest BCUT2D eigenvalue weighted by molar-refractivity contribution is 4.90. The number of nitrogens with zero attached hydrogens (tertiary/aromatic N) is 1. The molecule has 3 unspecified atom stereocenters. The Labute approximate surface area is 99.5 Å². The highest BCUT2D eigenvalue weighted by Crippen LogP contribution is 2.38. The maximum absolute atomic E-state index is 5.59. The molecule has 1 heterocycles. The summed E-state index contributed by atoms with van der Waals surface area (Å²) >= 11 is 0. The molecule has 0 aromatic heterocycles. The second kappa shape index (κ2) is 5.03. The van der Waals surface area contributed by atoms with Gasteiger partial charge in [0.1, 0.15) is 0 Å². The molecule has 1 aliphatic heterocycles. The van der Waals surface area contributed by atoms with Gasteiger partial charge in [-0.3, -0.25) is 0 Å². The van der Waals surface area contributed by atoms with E-state index in [0.717, 1.165) is 31.6 Å². The third-order valence-corrected chi connectivity index (χ3v) is 4.16. The average molecular weight is 226 g/mol. The van der Waals surface area contributed by atoms with E-state index >= 15 is 0 Å². The van der Waals surface area contributed by atoms with E-state index in [-0.39, 0.29) is 0 Å². The Morgan fingerprint density at radius 2 is 2.25 bits per heavy atom. The van der Waals surface area contributed by atoms with Gasteiger partial charge in [0.15, 0.2) is 0 Å². The molecule has 1 aliphatic carbocycles. The molecule has 1 saturated carbocycles. The minimum absolute atomic E-state index is 0.363. The number of hydrogen-bond acceptors (Lipinski definition) is 3. The van der Waals surface area contributed by atoms with Crippen LogP contribution in [0.15, 0.2) is 0 Å². The largest absolute Gasteiger partial charge is 0.381 e. The van der Waals surface area contributed by atoms with E-state index in [2.05, 4.69) is 24.2 Å². The van der Waals surface area contributed by atoms with E-state index in [4.69, 9.17) is 4.74 Å². The third-order valence-electron chi connectivity index (χ3n) is 4.16. The summed E-state index contributed by atoms with van der Waals surface area (Å²) in [7, 11) is 4.31. The van der Waals surface area contributed by atoms with Gasteiger partial charge in [0.05, 0.1) is 6.61 Å². The van der Waals surface area contributed by atoms with Gasteiger partial charge < -0.3 is 15.0 Å². The van der Waals surface area contributed by atoms with Crippen molar-refractivity contribution in [3.63, 3.8) is 0 Å². The molecule has 16 heavy (non-hydrogen) atoms. The lowest BCUT2D eigenvalue weighted by Gasteiger charge is -2.32. The van der Waals surface area contributed by atoms with Gasteiger partial charge >= 0.3 is 0 Å². The van der Waals surface area contributed by atoms with Crippen molar-refractivity contribution in [1.29, 1.82) is 0 Å². The van der Waals surface area contributed by atoms with Gasteiger partial charge in [0.2, 0.25) is 0 Å². The van der Waals surface area contributed by atoms with E-state index in [1.807, 2.05) is 7.05 Å². The van der Waals surface area contributed by atoms with Crippen LogP contribution in [0.1, 0.15) is 19.8 Å². The molecule has 3 nitrogen and oxygen atoms in total. The molecular weight excluding hydrogens is 200 g/mol. The quantitative estimate of drug-likeness (QED) is 0.736. The van der Waals surface area contributed by atoms with Crippen molar-refractivity contribution in [1.82, 2.24) is 10.2 Å². The van der Waals surface area contributed by atoms with Crippen molar-refractivity contribution in [3.05, 3.63) is 0 Å². The monoisotopic (exact) mass is 226 g/mol. The Morgan fingerprint density at radius 3 is 2.75 bits per heavy atom. The summed E-state index contributed by atoms with van der Waals surface area (Å²) in [5.41, 5.74) is 0.363. The van der Waals surface area contributed by atoms with Crippen LogP contribution in [0, 0.1) is 17.3 Å². The smallest absolute Gasteiger partial charge is 0.0547 e. The van der Waals surface area contributed by atoms with Crippen LogP contribution in [0.3, 0.4) is 0 Å². The highest BCUT2D eigenvalue weighted by atomic mass is 16.5. The lowest BCUT2D eigenvalue weighted by Crippen LogP contribution is -2.43. The van der Waals surface area contributed by atoms with E-state index in [0.29, 0.717) is 5.41 Å². The van der Waals surface area contributed by atoms with Crippen LogP contribution in [0.2, 0.25) is 0 Å². The van der Waals surface area contributed by atoms with Crippen LogP contribution in [0.25, 0.3) is 0 Å². The Bertz CT molecular complexity index is 226. The van der Waals surface area contributed by atoms with Gasteiger partial charge in [0.25, 0.3) is 0 Å².